The molecule has 1 fully saturated rings. The zero-order valence-electron chi connectivity index (χ0n) is 21.1. The van der Waals surface area contributed by atoms with Crippen LogP contribution in [0, 0.1) is 5.92 Å². The summed E-state index contributed by atoms with van der Waals surface area (Å²) in [5, 5.41) is 8.02. The molecule has 1 aromatic carbocycles. The van der Waals surface area contributed by atoms with Crippen molar-refractivity contribution in [3.8, 4) is 0 Å². The second kappa shape index (κ2) is 10.4. The molecule has 11 heteroatoms. The number of aromatic nitrogens is 2. The minimum Gasteiger partial charge on any atom is -0.351 e. The molecule has 0 unspecified atom stereocenters. The van der Waals surface area contributed by atoms with Crippen LogP contribution in [0.15, 0.2) is 24.3 Å². The van der Waals surface area contributed by atoms with Gasteiger partial charge in [0.1, 0.15) is 5.69 Å². The van der Waals surface area contributed by atoms with Crippen LogP contribution in [0.4, 0.5) is 0 Å². The average Bonchev–Trinajstić information content (AvgIpc) is 3.48. The van der Waals surface area contributed by atoms with Crippen LogP contribution in [-0.2, 0) is 17.8 Å². The van der Waals surface area contributed by atoms with Gasteiger partial charge >= 0.3 is 0 Å². The molecule has 0 bridgehead atoms. The van der Waals surface area contributed by atoms with E-state index in [9.17, 15) is 14.4 Å². The van der Waals surface area contributed by atoms with E-state index in [1.54, 1.807) is 23.1 Å². The maximum absolute atomic E-state index is 13.3. The Hall–Kier alpha value is -2.95. The van der Waals surface area contributed by atoms with E-state index in [1.807, 2.05) is 19.9 Å². The molecule has 37 heavy (non-hydrogen) atoms. The van der Waals surface area contributed by atoms with Crippen LogP contribution < -0.4 is 10.6 Å². The van der Waals surface area contributed by atoms with Gasteiger partial charge in [-0.15, -0.1) is 11.3 Å². The molecule has 5 rings (SSSR count). The van der Waals surface area contributed by atoms with E-state index < -0.39 is 6.04 Å². The highest BCUT2D eigenvalue weighted by Crippen LogP contribution is 2.25. The number of piperidine rings is 1. The van der Waals surface area contributed by atoms with Crippen LogP contribution in [-0.4, -0.2) is 76.3 Å². The minimum atomic E-state index is -0.449. The Balaban J connectivity index is 1.34. The molecule has 2 aliphatic rings. The van der Waals surface area contributed by atoms with Crippen molar-refractivity contribution in [1.82, 2.24) is 30.4 Å². The maximum atomic E-state index is 13.3. The summed E-state index contributed by atoms with van der Waals surface area (Å²) in [7, 11) is 2.06. The van der Waals surface area contributed by atoms with Crippen LogP contribution in [0.3, 0.4) is 0 Å². The lowest BCUT2D eigenvalue weighted by Crippen LogP contribution is -2.61. The molecule has 2 atom stereocenters. The van der Waals surface area contributed by atoms with Crippen molar-refractivity contribution in [2.45, 2.75) is 45.3 Å². The predicted molar refractivity (Wildman–Crippen MR) is 144 cm³/mol. The molecule has 4 heterocycles. The molecule has 9 nitrogen and oxygen atoms in total. The number of nitrogens with one attached hydrogen (secondary N) is 3. The van der Waals surface area contributed by atoms with Crippen molar-refractivity contribution in [3.05, 3.63) is 50.6 Å². The second-order valence-corrected chi connectivity index (χ2v) is 11.7. The summed E-state index contributed by atoms with van der Waals surface area (Å²) < 4.78 is 0. The highest BCUT2D eigenvalue weighted by Gasteiger charge is 2.35. The molecular formula is C26H31ClN6O3S. The highest BCUT2D eigenvalue weighted by atomic mass is 35.5. The van der Waals surface area contributed by atoms with Gasteiger partial charge in [-0.1, -0.05) is 25.4 Å². The van der Waals surface area contributed by atoms with E-state index in [1.165, 1.54) is 11.3 Å². The predicted octanol–water partition coefficient (Wildman–Crippen LogP) is 3.05. The summed E-state index contributed by atoms with van der Waals surface area (Å²) in [5.74, 6) is -0.661. The third-order valence-corrected chi connectivity index (χ3v) is 8.31. The summed E-state index contributed by atoms with van der Waals surface area (Å²) >= 11 is 7.50. The number of carbonyl (C=O) groups excluding carboxylic acids is 3. The van der Waals surface area contributed by atoms with Gasteiger partial charge in [0.25, 0.3) is 11.8 Å². The number of rotatable bonds is 5. The minimum absolute atomic E-state index is 0.0317. The van der Waals surface area contributed by atoms with Gasteiger partial charge in [-0.05, 0) is 37.7 Å². The summed E-state index contributed by atoms with van der Waals surface area (Å²) in [6, 6.07) is 6.37. The fourth-order valence-corrected chi connectivity index (χ4v) is 6.23. The van der Waals surface area contributed by atoms with Crippen molar-refractivity contribution in [2.75, 3.05) is 26.7 Å². The van der Waals surface area contributed by atoms with Crippen molar-refractivity contribution in [3.63, 3.8) is 0 Å². The molecule has 1 saturated heterocycles. The summed E-state index contributed by atoms with van der Waals surface area (Å²) in [6.07, 6.45) is 1.35. The number of thiazole rings is 1. The summed E-state index contributed by atoms with van der Waals surface area (Å²) in [6.45, 7) is 6.26. The largest absolute Gasteiger partial charge is 0.351 e. The fraction of sp³-hybridized carbons (Fsp3) is 0.462. The maximum Gasteiger partial charge on any atom is 0.280 e. The van der Waals surface area contributed by atoms with E-state index in [2.05, 4.69) is 32.5 Å². The third kappa shape index (κ3) is 5.51. The number of carbonyl (C=O) groups is 3. The number of benzene rings is 1. The van der Waals surface area contributed by atoms with Gasteiger partial charge in [-0.25, -0.2) is 4.98 Å². The van der Waals surface area contributed by atoms with Gasteiger partial charge in [0, 0.05) is 59.3 Å². The topological polar surface area (TPSA) is 110 Å². The number of halogens is 1. The van der Waals surface area contributed by atoms with E-state index in [4.69, 9.17) is 11.6 Å². The Morgan fingerprint density at radius 2 is 1.92 bits per heavy atom. The van der Waals surface area contributed by atoms with Gasteiger partial charge in [0.2, 0.25) is 5.91 Å². The molecule has 3 N–H and O–H groups in total. The van der Waals surface area contributed by atoms with Gasteiger partial charge in [-0.3, -0.25) is 14.4 Å². The number of aromatic amines is 1. The molecule has 0 radical (unpaired) electrons. The monoisotopic (exact) mass is 542 g/mol. The first kappa shape index (κ1) is 25.7. The number of H-pyrrole nitrogens is 1. The quantitative estimate of drug-likeness (QED) is 0.459. The summed E-state index contributed by atoms with van der Waals surface area (Å²) in [4.78, 5) is 52.0. The SMILES string of the molecule is CC(C)C(=O)N1CC[C@H](NC(=O)c2cc3cc(Cl)ccc3[nH]2)[C@H](NC(=O)c2nc3c(s2)CN(C)CC3)C1. The number of likely N-dealkylation sites (tertiary alicyclic amines) is 1. The van der Waals surface area contributed by atoms with E-state index in [-0.39, 0.29) is 29.7 Å². The lowest BCUT2D eigenvalue weighted by molar-refractivity contribution is -0.136. The van der Waals surface area contributed by atoms with Crippen molar-refractivity contribution in [1.29, 1.82) is 0 Å². The third-order valence-electron chi connectivity index (χ3n) is 7.00. The normalized spacial score (nSPS) is 20.2. The van der Waals surface area contributed by atoms with Gasteiger partial charge in [0.05, 0.1) is 17.8 Å². The molecule has 3 aromatic rings. The number of amides is 3. The molecule has 0 spiro atoms. The molecule has 2 aromatic heterocycles. The van der Waals surface area contributed by atoms with E-state index in [0.717, 1.165) is 41.0 Å². The number of hydrogen-bond donors (Lipinski definition) is 3. The number of likely N-dealkylation sites (N-methyl/N-ethyl adjacent to an activating group) is 1. The molecule has 196 valence electrons. The highest BCUT2D eigenvalue weighted by molar-refractivity contribution is 7.13. The Morgan fingerprint density at radius 1 is 1.14 bits per heavy atom. The first-order valence-electron chi connectivity index (χ1n) is 12.5. The zero-order valence-corrected chi connectivity index (χ0v) is 22.7. The lowest BCUT2D eigenvalue weighted by atomic mass is 9.97. The van der Waals surface area contributed by atoms with Crippen LogP contribution in [0.5, 0.6) is 0 Å². The number of hydrogen-bond acceptors (Lipinski definition) is 6. The molecular weight excluding hydrogens is 512 g/mol. The standard InChI is InChI=1S/C26H31ClN6O3S/c1-14(2)26(36)33-9-7-18(29-23(34)20-11-15-10-16(27)4-5-17(15)28-20)21(12-33)30-24(35)25-31-19-6-8-32(3)13-22(19)37-25/h4-5,10-11,14,18,21,28H,6-9,12-13H2,1-3H3,(H,29,34)(H,30,35)/t18-,21+/m0/s1. The van der Waals surface area contributed by atoms with Crippen molar-refractivity contribution in [2.24, 2.45) is 5.92 Å². The van der Waals surface area contributed by atoms with Crippen molar-refractivity contribution >= 4 is 51.6 Å². The number of fused-ring (bicyclic) bond motifs is 2. The van der Waals surface area contributed by atoms with Crippen LogP contribution in [0.2, 0.25) is 5.02 Å². The Bertz CT molecular complexity index is 1350. The fourth-order valence-electron chi connectivity index (χ4n) is 4.96. The van der Waals surface area contributed by atoms with E-state index in [0.29, 0.717) is 35.2 Å². The van der Waals surface area contributed by atoms with Gasteiger partial charge < -0.3 is 25.4 Å². The Kier molecular flexibility index (Phi) is 7.24. The molecule has 0 aliphatic carbocycles. The number of nitrogens with zero attached hydrogens (tertiary/aromatic N) is 3. The smallest absolute Gasteiger partial charge is 0.280 e. The Morgan fingerprint density at radius 3 is 2.70 bits per heavy atom. The Labute approximate surface area is 224 Å². The molecule has 0 saturated carbocycles. The average molecular weight is 543 g/mol. The van der Waals surface area contributed by atoms with Crippen LogP contribution in [0.25, 0.3) is 10.9 Å². The molecule has 3 amide bonds. The first-order chi connectivity index (χ1) is 17.7. The lowest BCUT2D eigenvalue weighted by Gasteiger charge is -2.39. The van der Waals surface area contributed by atoms with E-state index >= 15 is 0 Å². The van der Waals surface area contributed by atoms with Gasteiger partial charge in [-0.2, -0.15) is 0 Å². The second-order valence-electron chi connectivity index (χ2n) is 10.2. The zero-order chi connectivity index (χ0) is 26.3. The van der Waals surface area contributed by atoms with Gasteiger partial charge in [0.15, 0.2) is 5.01 Å². The first-order valence-corrected chi connectivity index (χ1v) is 13.7. The summed E-state index contributed by atoms with van der Waals surface area (Å²) in [5.41, 5.74) is 2.21. The van der Waals surface area contributed by atoms with Crippen LogP contribution >= 0.6 is 22.9 Å². The van der Waals surface area contributed by atoms with Crippen molar-refractivity contribution < 1.29 is 14.4 Å². The van der Waals surface area contributed by atoms with Crippen LogP contribution in [0.1, 0.15) is 51.1 Å². The molecule has 2 aliphatic heterocycles.